The number of esters is 2. The highest BCUT2D eigenvalue weighted by Crippen LogP contribution is 2.07. The van der Waals surface area contributed by atoms with Crippen molar-refractivity contribution >= 4 is 11.9 Å². The molecule has 0 atom stereocenters. The van der Waals surface area contributed by atoms with Crippen LogP contribution < -0.4 is 0 Å². The Bertz CT molecular complexity index is 386. The molecule has 0 fully saturated rings. The first-order valence-corrected chi connectivity index (χ1v) is 6.48. The molecule has 0 aromatic heterocycles. The maximum Gasteiger partial charge on any atom is 0.306 e. The molecule has 0 saturated carbocycles. The largest absolute Gasteiger partial charge is 0.469 e. The van der Waals surface area contributed by atoms with Crippen molar-refractivity contribution in [2.75, 3.05) is 7.11 Å². The third-order valence-corrected chi connectivity index (χ3v) is 2.73. The monoisotopic (exact) mass is 264 g/mol. The van der Waals surface area contributed by atoms with Crippen LogP contribution in [0.4, 0.5) is 0 Å². The van der Waals surface area contributed by atoms with Crippen molar-refractivity contribution < 1.29 is 19.1 Å². The number of ether oxygens (including phenoxy) is 2. The van der Waals surface area contributed by atoms with E-state index in [1.807, 2.05) is 30.3 Å². The SMILES string of the molecule is COC(=O)CCCCCC(=O)OCc1ccccc1. The van der Waals surface area contributed by atoms with Gasteiger partial charge < -0.3 is 9.47 Å². The first-order valence-electron chi connectivity index (χ1n) is 6.48. The maximum atomic E-state index is 11.5. The van der Waals surface area contributed by atoms with Crippen LogP contribution >= 0.6 is 0 Å². The van der Waals surface area contributed by atoms with Crippen molar-refractivity contribution in [2.45, 2.75) is 38.7 Å². The smallest absolute Gasteiger partial charge is 0.306 e. The van der Waals surface area contributed by atoms with Gasteiger partial charge in [0.15, 0.2) is 0 Å². The molecule has 0 heterocycles. The molecular formula is C15H20O4. The molecule has 0 aliphatic heterocycles. The first-order chi connectivity index (χ1) is 9.22. The lowest BCUT2D eigenvalue weighted by atomic mass is 10.1. The molecule has 4 heteroatoms. The van der Waals surface area contributed by atoms with E-state index in [1.54, 1.807) is 0 Å². The van der Waals surface area contributed by atoms with Gasteiger partial charge in [-0.1, -0.05) is 36.8 Å². The molecule has 0 spiro atoms. The molecule has 0 aliphatic rings. The number of benzene rings is 1. The quantitative estimate of drug-likeness (QED) is 0.535. The van der Waals surface area contributed by atoms with Crippen LogP contribution in [0.1, 0.15) is 37.7 Å². The Kier molecular flexibility index (Phi) is 7.32. The number of methoxy groups -OCH3 is 1. The van der Waals surface area contributed by atoms with E-state index < -0.39 is 0 Å². The van der Waals surface area contributed by atoms with Crippen LogP contribution in [0, 0.1) is 0 Å². The second-order valence-corrected chi connectivity index (χ2v) is 4.28. The second kappa shape index (κ2) is 9.14. The van der Waals surface area contributed by atoms with Crippen LogP contribution in [-0.4, -0.2) is 19.0 Å². The third-order valence-electron chi connectivity index (χ3n) is 2.73. The molecule has 0 aliphatic carbocycles. The molecule has 0 saturated heterocycles. The summed E-state index contributed by atoms with van der Waals surface area (Å²) in [7, 11) is 1.38. The molecule has 104 valence electrons. The molecule has 0 unspecified atom stereocenters. The molecule has 1 rings (SSSR count). The topological polar surface area (TPSA) is 52.6 Å². The maximum absolute atomic E-state index is 11.5. The number of hydrogen-bond acceptors (Lipinski definition) is 4. The summed E-state index contributed by atoms with van der Waals surface area (Å²) in [6.07, 6.45) is 3.13. The Balaban J connectivity index is 2.04. The van der Waals surface area contributed by atoms with E-state index in [2.05, 4.69) is 4.74 Å². The van der Waals surface area contributed by atoms with E-state index in [9.17, 15) is 9.59 Å². The number of carbonyl (C=O) groups excluding carboxylic acids is 2. The summed E-state index contributed by atoms with van der Waals surface area (Å²) >= 11 is 0. The Morgan fingerprint density at radius 2 is 1.58 bits per heavy atom. The molecule has 0 radical (unpaired) electrons. The predicted molar refractivity (Wildman–Crippen MR) is 71.3 cm³/mol. The van der Waals surface area contributed by atoms with Crippen LogP contribution in [0.15, 0.2) is 30.3 Å². The van der Waals surface area contributed by atoms with Crippen LogP contribution in [0.5, 0.6) is 0 Å². The fraction of sp³-hybridized carbons (Fsp3) is 0.467. The number of rotatable bonds is 8. The molecular weight excluding hydrogens is 244 g/mol. The minimum atomic E-state index is -0.202. The summed E-state index contributed by atoms with van der Waals surface area (Å²) in [4.78, 5) is 22.3. The van der Waals surface area contributed by atoms with Crippen molar-refractivity contribution in [2.24, 2.45) is 0 Å². The lowest BCUT2D eigenvalue weighted by molar-refractivity contribution is -0.145. The predicted octanol–water partition coefficient (Wildman–Crippen LogP) is 2.85. The molecule has 0 bridgehead atoms. The fourth-order valence-corrected chi connectivity index (χ4v) is 1.63. The zero-order chi connectivity index (χ0) is 13.9. The standard InChI is InChI=1S/C15H20O4/c1-18-14(16)10-6-3-7-11-15(17)19-12-13-8-4-2-5-9-13/h2,4-5,8-9H,3,6-7,10-12H2,1H3. The number of carbonyl (C=O) groups is 2. The minimum absolute atomic E-state index is 0.193. The first kappa shape index (κ1) is 15.2. The van der Waals surface area contributed by atoms with Crippen molar-refractivity contribution in [3.05, 3.63) is 35.9 Å². The second-order valence-electron chi connectivity index (χ2n) is 4.28. The normalized spacial score (nSPS) is 9.95. The molecule has 0 amide bonds. The van der Waals surface area contributed by atoms with Gasteiger partial charge in [-0.25, -0.2) is 0 Å². The van der Waals surface area contributed by atoms with Crippen molar-refractivity contribution in [1.29, 1.82) is 0 Å². The molecule has 4 nitrogen and oxygen atoms in total. The molecule has 19 heavy (non-hydrogen) atoms. The lowest BCUT2D eigenvalue weighted by Gasteiger charge is -2.04. The van der Waals surface area contributed by atoms with Crippen LogP contribution in [0.3, 0.4) is 0 Å². The number of hydrogen-bond donors (Lipinski definition) is 0. The average Bonchev–Trinajstić information content (AvgIpc) is 2.45. The summed E-state index contributed by atoms with van der Waals surface area (Å²) in [5, 5.41) is 0. The van der Waals surface area contributed by atoms with Gasteiger partial charge in [0.2, 0.25) is 0 Å². The number of unbranched alkanes of at least 4 members (excludes halogenated alkanes) is 2. The van der Waals surface area contributed by atoms with Gasteiger partial charge in [-0.05, 0) is 18.4 Å². The summed E-state index contributed by atoms with van der Waals surface area (Å²) in [6, 6.07) is 9.59. The Morgan fingerprint density at radius 3 is 2.21 bits per heavy atom. The lowest BCUT2D eigenvalue weighted by Crippen LogP contribution is -2.04. The summed E-state index contributed by atoms with van der Waals surface area (Å²) in [5.74, 6) is -0.395. The highest BCUT2D eigenvalue weighted by atomic mass is 16.5. The van der Waals surface area contributed by atoms with Gasteiger partial charge in [0.25, 0.3) is 0 Å². The molecule has 0 N–H and O–H groups in total. The van der Waals surface area contributed by atoms with Gasteiger partial charge in [0.05, 0.1) is 7.11 Å². The Labute approximate surface area is 113 Å². The third kappa shape index (κ3) is 7.24. The summed E-state index contributed by atoms with van der Waals surface area (Å²) in [5.41, 5.74) is 0.988. The van der Waals surface area contributed by atoms with Gasteiger partial charge in [-0.15, -0.1) is 0 Å². The van der Waals surface area contributed by atoms with E-state index in [-0.39, 0.29) is 11.9 Å². The summed E-state index contributed by atoms with van der Waals surface area (Å²) < 4.78 is 9.68. The van der Waals surface area contributed by atoms with Crippen LogP contribution in [0.2, 0.25) is 0 Å². The Morgan fingerprint density at radius 1 is 0.947 bits per heavy atom. The van der Waals surface area contributed by atoms with E-state index in [0.29, 0.717) is 19.4 Å². The van der Waals surface area contributed by atoms with E-state index in [1.165, 1.54) is 7.11 Å². The fourth-order valence-electron chi connectivity index (χ4n) is 1.63. The van der Waals surface area contributed by atoms with Gasteiger partial charge >= 0.3 is 11.9 Å². The van der Waals surface area contributed by atoms with Crippen LogP contribution in [0.25, 0.3) is 0 Å². The van der Waals surface area contributed by atoms with Crippen molar-refractivity contribution in [1.82, 2.24) is 0 Å². The highest BCUT2D eigenvalue weighted by Gasteiger charge is 2.04. The average molecular weight is 264 g/mol. The zero-order valence-electron chi connectivity index (χ0n) is 11.3. The minimum Gasteiger partial charge on any atom is -0.469 e. The molecule has 1 aromatic carbocycles. The van der Waals surface area contributed by atoms with E-state index in [4.69, 9.17) is 4.74 Å². The zero-order valence-corrected chi connectivity index (χ0v) is 11.3. The Hall–Kier alpha value is -1.84. The van der Waals surface area contributed by atoms with Gasteiger partial charge in [0, 0.05) is 12.8 Å². The summed E-state index contributed by atoms with van der Waals surface area (Å²) in [6.45, 7) is 0.321. The van der Waals surface area contributed by atoms with Crippen molar-refractivity contribution in [3.63, 3.8) is 0 Å². The van der Waals surface area contributed by atoms with Gasteiger partial charge in [-0.2, -0.15) is 0 Å². The highest BCUT2D eigenvalue weighted by molar-refractivity contribution is 5.69. The van der Waals surface area contributed by atoms with Gasteiger partial charge in [0.1, 0.15) is 6.61 Å². The van der Waals surface area contributed by atoms with Gasteiger partial charge in [-0.3, -0.25) is 9.59 Å². The van der Waals surface area contributed by atoms with Crippen molar-refractivity contribution in [3.8, 4) is 0 Å². The van der Waals surface area contributed by atoms with Crippen LogP contribution in [-0.2, 0) is 25.7 Å². The van der Waals surface area contributed by atoms with E-state index in [0.717, 1.165) is 24.8 Å². The van der Waals surface area contributed by atoms with E-state index >= 15 is 0 Å². The molecule has 1 aromatic rings.